The molecule has 1 amide bonds. The molecule has 134 valence electrons. The van der Waals surface area contributed by atoms with Crippen molar-refractivity contribution in [1.29, 1.82) is 0 Å². The molecule has 0 saturated carbocycles. The van der Waals surface area contributed by atoms with Crippen LogP contribution in [0.5, 0.6) is 0 Å². The second-order valence-electron chi connectivity index (χ2n) is 7.31. The monoisotopic (exact) mass is 343 g/mol. The molecule has 3 rings (SSSR count). The first-order valence-electron chi connectivity index (χ1n) is 9.07. The summed E-state index contributed by atoms with van der Waals surface area (Å²) in [6.45, 7) is 1.18. The number of fused-ring (bicyclic) bond motifs is 1. The van der Waals surface area contributed by atoms with Gasteiger partial charge in [0.25, 0.3) is 0 Å². The lowest BCUT2D eigenvalue weighted by Crippen LogP contribution is -2.56. The fourth-order valence-electron chi connectivity index (χ4n) is 4.00. The number of hydrogen-bond acceptors (Lipinski definition) is 4. The molecule has 0 aromatic heterocycles. The Labute approximate surface area is 149 Å². The third-order valence-corrected chi connectivity index (χ3v) is 5.62. The molecule has 0 aliphatic carbocycles. The second kappa shape index (κ2) is 7.18. The van der Waals surface area contributed by atoms with E-state index >= 15 is 0 Å². The summed E-state index contributed by atoms with van der Waals surface area (Å²) >= 11 is 0. The molecule has 0 spiro atoms. The van der Waals surface area contributed by atoms with Gasteiger partial charge in [-0.15, -0.1) is 0 Å². The molecule has 25 heavy (non-hydrogen) atoms. The largest absolute Gasteiger partial charge is 0.480 e. The fourth-order valence-corrected chi connectivity index (χ4v) is 4.00. The smallest absolute Gasteiger partial charge is 0.325 e. The van der Waals surface area contributed by atoms with Gasteiger partial charge in [-0.05, 0) is 24.0 Å². The number of carboxylic acids is 1. The summed E-state index contributed by atoms with van der Waals surface area (Å²) in [5.41, 5.74) is 7.27. The Balaban J connectivity index is 1.72. The number of likely N-dealkylation sites (tertiary alicyclic amines) is 1. The van der Waals surface area contributed by atoms with Gasteiger partial charge in [-0.3, -0.25) is 9.59 Å². The minimum Gasteiger partial charge on any atom is -0.480 e. The SMILES string of the molecule is BCCC[C@H]1CN(C(=O)C2Cc3ccccc3CN2)C[C@@]1(N)C(=O)O. The van der Waals surface area contributed by atoms with Crippen LogP contribution in [0.15, 0.2) is 24.3 Å². The summed E-state index contributed by atoms with van der Waals surface area (Å²) < 4.78 is 0. The topological polar surface area (TPSA) is 95.7 Å². The normalized spacial score (nSPS) is 28.6. The highest BCUT2D eigenvalue weighted by Crippen LogP contribution is 2.31. The third-order valence-electron chi connectivity index (χ3n) is 5.62. The Hall–Kier alpha value is -1.86. The van der Waals surface area contributed by atoms with Crippen LogP contribution >= 0.6 is 0 Å². The van der Waals surface area contributed by atoms with Gasteiger partial charge < -0.3 is 21.1 Å². The zero-order valence-corrected chi connectivity index (χ0v) is 14.7. The van der Waals surface area contributed by atoms with Crippen molar-refractivity contribution in [2.24, 2.45) is 11.7 Å². The molecule has 1 saturated heterocycles. The van der Waals surface area contributed by atoms with Crippen LogP contribution in [0.4, 0.5) is 0 Å². The maximum absolute atomic E-state index is 13.0. The molecule has 2 aliphatic heterocycles. The molecular weight excluding hydrogens is 317 g/mol. The van der Waals surface area contributed by atoms with Gasteiger partial charge in [-0.2, -0.15) is 0 Å². The van der Waals surface area contributed by atoms with Crippen LogP contribution in [-0.2, 0) is 22.6 Å². The molecular formula is C18H26BN3O3. The second-order valence-corrected chi connectivity index (χ2v) is 7.31. The first-order chi connectivity index (χ1) is 12.0. The lowest BCUT2D eigenvalue weighted by Gasteiger charge is -2.29. The van der Waals surface area contributed by atoms with Crippen LogP contribution in [0, 0.1) is 5.92 Å². The van der Waals surface area contributed by atoms with E-state index in [1.807, 2.05) is 12.1 Å². The molecule has 0 radical (unpaired) electrons. The van der Waals surface area contributed by atoms with Crippen molar-refractivity contribution in [2.75, 3.05) is 13.1 Å². The van der Waals surface area contributed by atoms with E-state index in [4.69, 9.17) is 5.73 Å². The summed E-state index contributed by atoms with van der Waals surface area (Å²) in [5.74, 6) is -1.24. The zero-order chi connectivity index (χ0) is 18.0. The van der Waals surface area contributed by atoms with Crippen molar-refractivity contribution in [3.05, 3.63) is 35.4 Å². The highest BCUT2D eigenvalue weighted by atomic mass is 16.4. The van der Waals surface area contributed by atoms with E-state index in [9.17, 15) is 14.7 Å². The Morgan fingerprint density at radius 2 is 2.08 bits per heavy atom. The van der Waals surface area contributed by atoms with Crippen molar-refractivity contribution >= 4 is 19.7 Å². The molecule has 1 aromatic carbocycles. The van der Waals surface area contributed by atoms with Crippen molar-refractivity contribution in [3.8, 4) is 0 Å². The fraction of sp³-hybridized carbons (Fsp3) is 0.556. The van der Waals surface area contributed by atoms with Crippen LogP contribution in [0.2, 0.25) is 6.32 Å². The van der Waals surface area contributed by atoms with Gasteiger partial charge in [0.2, 0.25) is 5.91 Å². The number of hydrogen-bond donors (Lipinski definition) is 3. The molecule has 6 nitrogen and oxygen atoms in total. The van der Waals surface area contributed by atoms with E-state index < -0.39 is 11.5 Å². The van der Waals surface area contributed by atoms with E-state index in [2.05, 4.69) is 25.3 Å². The average Bonchev–Trinajstić information content (AvgIpc) is 2.97. The number of amides is 1. The Morgan fingerprint density at radius 3 is 2.76 bits per heavy atom. The number of nitrogens with one attached hydrogen (secondary N) is 1. The average molecular weight is 343 g/mol. The molecule has 1 unspecified atom stereocenters. The standard InChI is InChI=1S/C18H26BN3O3/c19-7-3-6-14-10-22(11-18(14,20)17(24)25)16(23)15-8-12-4-1-2-5-13(12)9-21-15/h1-2,4-5,14-15,21H,3,6-11,19-20H2,(H,24,25)/t14-,15?,18-/m0/s1. The summed E-state index contributed by atoms with van der Waals surface area (Å²) in [4.78, 5) is 26.3. The number of rotatable bonds is 5. The first-order valence-corrected chi connectivity index (χ1v) is 9.07. The van der Waals surface area contributed by atoms with Gasteiger partial charge in [-0.1, -0.05) is 37.0 Å². The highest BCUT2D eigenvalue weighted by Gasteiger charge is 2.51. The molecule has 1 fully saturated rings. The van der Waals surface area contributed by atoms with E-state index in [0.717, 1.165) is 19.2 Å². The first kappa shape index (κ1) is 18.0. The van der Waals surface area contributed by atoms with E-state index in [0.29, 0.717) is 19.5 Å². The molecule has 7 heteroatoms. The van der Waals surface area contributed by atoms with Crippen molar-refractivity contribution in [3.63, 3.8) is 0 Å². The van der Waals surface area contributed by atoms with Gasteiger partial charge in [0.15, 0.2) is 0 Å². The highest BCUT2D eigenvalue weighted by molar-refractivity contribution is 6.08. The molecule has 1 aromatic rings. The summed E-state index contributed by atoms with van der Waals surface area (Å²) in [5, 5.41) is 12.9. The number of carboxylic acid groups (broad SMARTS) is 1. The molecule has 2 aliphatic rings. The van der Waals surface area contributed by atoms with Crippen LogP contribution < -0.4 is 11.1 Å². The minimum absolute atomic E-state index is 0.0374. The Morgan fingerprint density at radius 1 is 1.36 bits per heavy atom. The molecule has 2 heterocycles. The number of aliphatic carboxylic acids is 1. The number of carbonyl (C=O) groups is 2. The van der Waals surface area contributed by atoms with Gasteiger partial charge in [0.1, 0.15) is 13.4 Å². The van der Waals surface area contributed by atoms with Crippen LogP contribution in [0.25, 0.3) is 0 Å². The van der Waals surface area contributed by atoms with E-state index in [1.54, 1.807) is 4.90 Å². The summed E-state index contributed by atoms with van der Waals surface area (Å²) in [7, 11) is 2.07. The van der Waals surface area contributed by atoms with Crippen LogP contribution in [0.3, 0.4) is 0 Å². The van der Waals surface area contributed by atoms with E-state index in [-0.39, 0.29) is 24.4 Å². The quantitative estimate of drug-likeness (QED) is 0.642. The molecule has 3 atom stereocenters. The predicted molar refractivity (Wildman–Crippen MR) is 98.0 cm³/mol. The van der Waals surface area contributed by atoms with Gasteiger partial charge in [-0.25, -0.2) is 0 Å². The Kier molecular flexibility index (Phi) is 5.15. The molecule has 0 bridgehead atoms. The van der Waals surface area contributed by atoms with Crippen LogP contribution in [0.1, 0.15) is 24.0 Å². The maximum atomic E-state index is 13.0. The lowest BCUT2D eigenvalue weighted by atomic mass is 9.83. The Bertz CT molecular complexity index is 669. The summed E-state index contributed by atoms with van der Waals surface area (Å²) in [6.07, 6.45) is 3.29. The van der Waals surface area contributed by atoms with Crippen molar-refractivity contribution in [2.45, 2.75) is 43.7 Å². The maximum Gasteiger partial charge on any atom is 0.325 e. The third kappa shape index (κ3) is 3.44. The lowest BCUT2D eigenvalue weighted by molar-refractivity contribution is -0.144. The van der Waals surface area contributed by atoms with E-state index in [1.165, 1.54) is 11.1 Å². The number of nitrogens with zero attached hydrogens (tertiary/aromatic N) is 1. The van der Waals surface area contributed by atoms with Gasteiger partial charge in [0, 0.05) is 25.6 Å². The minimum atomic E-state index is -1.34. The summed E-state index contributed by atoms with van der Waals surface area (Å²) in [6, 6.07) is 7.79. The molecule has 4 N–H and O–H groups in total. The zero-order valence-electron chi connectivity index (χ0n) is 14.7. The number of benzene rings is 1. The number of nitrogens with two attached hydrogens (primary N) is 1. The van der Waals surface area contributed by atoms with Crippen molar-refractivity contribution in [1.82, 2.24) is 10.2 Å². The van der Waals surface area contributed by atoms with Gasteiger partial charge in [0.05, 0.1) is 6.04 Å². The van der Waals surface area contributed by atoms with Crippen LogP contribution in [-0.4, -0.2) is 54.4 Å². The van der Waals surface area contributed by atoms with Crippen molar-refractivity contribution < 1.29 is 14.7 Å². The van der Waals surface area contributed by atoms with Gasteiger partial charge >= 0.3 is 5.97 Å². The predicted octanol–water partition coefficient (Wildman–Crippen LogP) is -0.227. The number of carbonyl (C=O) groups excluding carboxylic acids is 1.